The molecule has 2 unspecified atom stereocenters. The van der Waals surface area contributed by atoms with Crippen molar-refractivity contribution in [3.8, 4) is 11.5 Å². The molecular formula is C46H74O4. The van der Waals surface area contributed by atoms with Gasteiger partial charge in [-0.3, -0.25) is 0 Å². The maximum absolute atomic E-state index is 6.81. The Morgan fingerprint density at radius 2 is 0.780 bits per heavy atom. The molecule has 2 fully saturated rings. The molecule has 0 aromatic heterocycles. The van der Waals surface area contributed by atoms with Crippen molar-refractivity contribution >= 4 is 0 Å². The number of hydrogen-bond donors (Lipinski definition) is 0. The van der Waals surface area contributed by atoms with E-state index in [1.54, 1.807) is 0 Å². The maximum atomic E-state index is 6.81. The predicted octanol–water partition coefficient (Wildman–Crippen LogP) is 12.1. The topological polar surface area (TPSA) is 43.5 Å². The molecule has 50 heavy (non-hydrogen) atoms. The monoisotopic (exact) mass is 691 g/mol. The average Bonchev–Trinajstić information content (AvgIpc) is 4.03. The summed E-state index contributed by atoms with van der Waals surface area (Å²) in [6.45, 7) is 31.8. The molecule has 2 aliphatic heterocycles. The number of epoxide rings is 2. The fourth-order valence-corrected chi connectivity index (χ4v) is 6.80. The summed E-state index contributed by atoms with van der Waals surface area (Å²) in [4.78, 5) is 0. The van der Waals surface area contributed by atoms with Gasteiger partial charge in [0.25, 0.3) is 0 Å². The van der Waals surface area contributed by atoms with Gasteiger partial charge < -0.3 is 18.9 Å². The van der Waals surface area contributed by atoms with Crippen LogP contribution >= 0.6 is 0 Å². The summed E-state index contributed by atoms with van der Waals surface area (Å²) in [7, 11) is 0. The molecule has 0 bridgehead atoms. The molecule has 4 nitrogen and oxygen atoms in total. The van der Waals surface area contributed by atoms with Gasteiger partial charge in [0.05, 0.1) is 38.6 Å². The predicted molar refractivity (Wildman–Crippen MR) is 212 cm³/mol. The summed E-state index contributed by atoms with van der Waals surface area (Å²) in [5.74, 6) is 2.28. The van der Waals surface area contributed by atoms with E-state index in [-0.39, 0.29) is 21.7 Å². The second-order valence-electron chi connectivity index (χ2n) is 18.1. The number of benzene rings is 2. The molecule has 2 atom stereocenters. The highest BCUT2D eigenvalue weighted by Gasteiger charge is 2.33. The van der Waals surface area contributed by atoms with Crippen molar-refractivity contribution in [2.75, 3.05) is 26.4 Å². The van der Waals surface area contributed by atoms with E-state index in [0.29, 0.717) is 12.2 Å². The van der Waals surface area contributed by atoms with Gasteiger partial charge in [-0.05, 0) is 110 Å². The summed E-state index contributed by atoms with van der Waals surface area (Å²) in [5.41, 5.74) is 8.41. The van der Waals surface area contributed by atoms with Crippen LogP contribution in [0.3, 0.4) is 0 Å². The molecule has 0 aliphatic carbocycles. The van der Waals surface area contributed by atoms with Crippen molar-refractivity contribution in [3.63, 3.8) is 0 Å². The first-order chi connectivity index (χ1) is 23.6. The minimum Gasteiger partial charge on any atom is -0.493 e. The van der Waals surface area contributed by atoms with Gasteiger partial charge in [0.2, 0.25) is 0 Å². The molecule has 4 rings (SSSR count). The van der Waals surface area contributed by atoms with E-state index in [4.69, 9.17) is 18.9 Å². The summed E-state index contributed by atoms with van der Waals surface area (Å²) < 4.78 is 24.5. The van der Waals surface area contributed by atoms with Crippen LogP contribution in [-0.2, 0) is 44.0 Å². The minimum absolute atomic E-state index is 0.0209. The molecule has 2 aliphatic rings. The summed E-state index contributed by atoms with van der Waals surface area (Å²) in [5, 5.41) is 0. The summed E-state index contributed by atoms with van der Waals surface area (Å²) in [6, 6.07) is 9.96. The number of rotatable bonds is 23. The van der Waals surface area contributed by atoms with Crippen molar-refractivity contribution in [1.29, 1.82) is 0 Å². The van der Waals surface area contributed by atoms with Crippen molar-refractivity contribution < 1.29 is 18.9 Å². The van der Waals surface area contributed by atoms with Crippen LogP contribution in [0.2, 0.25) is 0 Å². The zero-order valence-corrected chi connectivity index (χ0v) is 34.4. The highest BCUT2D eigenvalue weighted by Crippen LogP contribution is 2.45. The van der Waals surface area contributed by atoms with Crippen LogP contribution in [0.15, 0.2) is 24.3 Å². The molecule has 0 N–H and O–H groups in total. The molecule has 0 amide bonds. The first-order valence-corrected chi connectivity index (χ1v) is 20.4. The fourth-order valence-electron chi connectivity index (χ4n) is 6.80. The van der Waals surface area contributed by atoms with Crippen molar-refractivity contribution in [3.05, 3.63) is 57.6 Å². The van der Waals surface area contributed by atoms with Gasteiger partial charge in [0.15, 0.2) is 0 Å². The smallest absolute Gasteiger partial charge is 0.126 e. The second-order valence-corrected chi connectivity index (χ2v) is 18.1. The lowest BCUT2D eigenvalue weighted by atomic mass is 9.73. The minimum atomic E-state index is 0.0209. The second kappa shape index (κ2) is 17.2. The van der Waals surface area contributed by atoms with Crippen molar-refractivity contribution in [2.45, 2.75) is 194 Å². The van der Waals surface area contributed by atoms with Crippen molar-refractivity contribution in [2.24, 2.45) is 0 Å². The van der Waals surface area contributed by atoms with Crippen LogP contribution in [0, 0.1) is 0 Å². The van der Waals surface area contributed by atoms with Crippen LogP contribution in [0.25, 0.3) is 0 Å². The first-order valence-electron chi connectivity index (χ1n) is 20.4. The molecule has 2 heterocycles. The third kappa shape index (κ3) is 10.8. The van der Waals surface area contributed by atoms with Crippen LogP contribution in [0.4, 0.5) is 0 Å². The van der Waals surface area contributed by atoms with Gasteiger partial charge in [0, 0.05) is 22.3 Å². The van der Waals surface area contributed by atoms with Gasteiger partial charge in [-0.1, -0.05) is 107 Å². The standard InChI is InChI=1S/C46H74O4/c1-13-43(5,6)37-27-33(28-38(44(7,8)14-2)41(37)47-25-19-17-21-35-31-49-35)23-24-34-29-39(45(9,10)15-3)42(40(30-34)46(11,12)16-4)48-26-20-18-22-36-32-50-36/h27-30,35-36H,13-26,31-32H2,1-12H3. The SMILES string of the molecule is CCC(C)(C)c1cc(CCc2cc(C(C)(C)CC)c(OCCCCC3CO3)c(C(C)(C)CC)c2)cc(C(C)(C)CC)c1OCCCCC1CO1. The normalized spacial score (nSPS) is 18.0. The lowest BCUT2D eigenvalue weighted by Gasteiger charge is -2.34. The Morgan fingerprint density at radius 3 is 1.02 bits per heavy atom. The van der Waals surface area contributed by atoms with E-state index in [1.807, 2.05) is 0 Å². The van der Waals surface area contributed by atoms with E-state index in [0.717, 1.165) is 115 Å². The van der Waals surface area contributed by atoms with E-state index in [9.17, 15) is 0 Å². The number of hydrogen-bond acceptors (Lipinski definition) is 4. The molecular weight excluding hydrogens is 617 g/mol. The quantitative estimate of drug-likeness (QED) is 0.0860. The third-order valence-electron chi connectivity index (χ3n) is 12.6. The van der Waals surface area contributed by atoms with Gasteiger partial charge >= 0.3 is 0 Å². The van der Waals surface area contributed by atoms with Gasteiger partial charge in [0.1, 0.15) is 11.5 Å². The Morgan fingerprint density at radius 1 is 0.500 bits per heavy atom. The number of aryl methyl sites for hydroxylation is 2. The van der Waals surface area contributed by atoms with Crippen LogP contribution in [0.1, 0.15) is 181 Å². The Bertz CT molecular complexity index is 1200. The number of ether oxygens (including phenoxy) is 4. The van der Waals surface area contributed by atoms with E-state index in [1.165, 1.54) is 33.4 Å². The van der Waals surface area contributed by atoms with Gasteiger partial charge in [-0.15, -0.1) is 0 Å². The van der Waals surface area contributed by atoms with Crippen LogP contribution in [-0.4, -0.2) is 38.6 Å². The van der Waals surface area contributed by atoms with Crippen molar-refractivity contribution in [1.82, 2.24) is 0 Å². The Hall–Kier alpha value is -2.04. The molecule has 0 radical (unpaired) electrons. The molecule has 2 saturated heterocycles. The number of unbranched alkanes of at least 4 members (excludes halogenated alkanes) is 2. The van der Waals surface area contributed by atoms with E-state index in [2.05, 4.69) is 107 Å². The highest BCUT2D eigenvalue weighted by molar-refractivity contribution is 5.53. The van der Waals surface area contributed by atoms with Gasteiger partial charge in [-0.2, -0.15) is 0 Å². The third-order valence-corrected chi connectivity index (χ3v) is 12.6. The lowest BCUT2D eigenvalue weighted by molar-refractivity contribution is 0.281. The van der Waals surface area contributed by atoms with E-state index >= 15 is 0 Å². The Kier molecular flexibility index (Phi) is 14.0. The first kappa shape index (κ1) is 40.7. The van der Waals surface area contributed by atoms with E-state index < -0.39 is 0 Å². The zero-order chi connectivity index (χ0) is 36.7. The molecule has 2 aromatic carbocycles. The molecule has 0 spiro atoms. The van der Waals surface area contributed by atoms with Crippen LogP contribution in [0.5, 0.6) is 11.5 Å². The summed E-state index contributed by atoms with van der Waals surface area (Å²) in [6.07, 6.45) is 14.0. The lowest BCUT2D eigenvalue weighted by Crippen LogP contribution is -2.24. The average molecular weight is 691 g/mol. The maximum Gasteiger partial charge on any atom is 0.126 e. The van der Waals surface area contributed by atoms with Crippen LogP contribution < -0.4 is 9.47 Å². The highest BCUT2D eigenvalue weighted by atomic mass is 16.6. The molecule has 2 aromatic rings. The zero-order valence-electron chi connectivity index (χ0n) is 34.4. The molecule has 0 saturated carbocycles. The molecule has 4 heteroatoms. The largest absolute Gasteiger partial charge is 0.493 e. The molecule has 282 valence electrons. The van der Waals surface area contributed by atoms with Gasteiger partial charge in [-0.25, -0.2) is 0 Å². The summed E-state index contributed by atoms with van der Waals surface area (Å²) >= 11 is 0. The Labute approximate surface area is 307 Å². The fraction of sp³-hybridized carbons (Fsp3) is 0.739. The Balaban J connectivity index is 1.68.